The molecule has 10 rings (SSSR count). The number of carbonyl (C=O) groups is 3. The molecule has 0 aliphatic carbocycles. The van der Waals surface area contributed by atoms with Gasteiger partial charge in [0.25, 0.3) is 0 Å². The SMILES string of the molecule is C1CN2CCN3CCN(CCN1)C23.C1CNCCNCCNCCN1.CC(O)CN1CCN(CC(=O)O)CCN(CC(=O)O)CCN(CC(=O)O)CC1.CC(O)CN1CCN2CCN3CCN(CC1)C23.CC(O)CN1CCNCCNCCNCC1.CC1CO1. The summed E-state index contributed by atoms with van der Waals surface area (Å²) < 4.78 is 4.71. The number of carboxylic acid groups (broad SMARTS) is 3. The largest absolute Gasteiger partial charge is 0.480 e. The summed E-state index contributed by atoms with van der Waals surface area (Å²) in [6.45, 7) is 49.3. The number of epoxide rings is 1. The van der Waals surface area contributed by atoms with Crippen molar-refractivity contribution in [3.63, 3.8) is 0 Å². The van der Waals surface area contributed by atoms with Crippen LogP contribution in [-0.2, 0) is 19.1 Å². The summed E-state index contributed by atoms with van der Waals surface area (Å²) >= 11 is 0. The van der Waals surface area contributed by atoms with Crippen LogP contribution in [0.1, 0.15) is 27.7 Å². The van der Waals surface area contributed by atoms with E-state index in [4.69, 9.17) is 20.1 Å². The molecule has 0 bridgehead atoms. The lowest BCUT2D eigenvalue weighted by molar-refractivity contribution is -0.140. The van der Waals surface area contributed by atoms with Gasteiger partial charge in [0.2, 0.25) is 0 Å². The molecule has 526 valence electrons. The number of hydrogen-bond donors (Lipinski definition) is 14. The van der Waals surface area contributed by atoms with Crippen molar-refractivity contribution in [2.75, 3.05) is 308 Å². The molecule has 10 aliphatic heterocycles. The lowest BCUT2D eigenvalue weighted by Crippen LogP contribution is -2.53. The van der Waals surface area contributed by atoms with Crippen LogP contribution in [0.3, 0.4) is 0 Å². The minimum atomic E-state index is -0.982. The molecule has 0 radical (unpaired) electrons. The van der Waals surface area contributed by atoms with Crippen LogP contribution in [0.25, 0.3) is 0 Å². The summed E-state index contributed by atoms with van der Waals surface area (Å²) in [6, 6.07) is 0. The topological polar surface area (TPSA) is 320 Å². The number of aliphatic hydroxyl groups excluding tert-OH is 3. The second-order valence-electron chi connectivity index (χ2n) is 25.5. The van der Waals surface area contributed by atoms with Gasteiger partial charge in [-0.1, -0.05) is 0 Å². The predicted molar refractivity (Wildman–Crippen MR) is 352 cm³/mol. The Morgan fingerprint density at radius 2 is 0.500 bits per heavy atom. The highest BCUT2D eigenvalue weighted by Gasteiger charge is 2.42. The number of rotatable bonds is 12. The predicted octanol–water partition coefficient (Wildman–Crippen LogP) is -7.24. The molecule has 14 N–H and O–H groups in total. The maximum atomic E-state index is 11.1. The average molecular weight is 1290 g/mol. The smallest absolute Gasteiger partial charge is 0.317 e. The number of aliphatic hydroxyl groups is 3. The summed E-state index contributed by atoms with van der Waals surface area (Å²) in [4.78, 5) is 60.9. The Morgan fingerprint density at radius 1 is 0.322 bits per heavy atom. The first-order chi connectivity index (χ1) is 43.5. The molecule has 10 saturated heterocycles. The number of hydrogen-bond acceptors (Lipinski definition) is 27. The molecular formula is C60H126N20O10. The van der Waals surface area contributed by atoms with Crippen molar-refractivity contribution in [1.29, 1.82) is 0 Å². The molecule has 0 aromatic carbocycles. The summed E-state index contributed by atoms with van der Waals surface area (Å²) in [5, 5.41) is 83.1. The summed E-state index contributed by atoms with van der Waals surface area (Å²) in [7, 11) is 0. The van der Waals surface area contributed by atoms with Crippen LogP contribution in [0.4, 0.5) is 0 Å². The quantitative estimate of drug-likeness (QED) is 0.0808. The van der Waals surface area contributed by atoms with E-state index in [2.05, 4.69) is 88.7 Å². The number of carboxylic acids is 3. The van der Waals surface area contributed by atoms with Crippen LogP contribution in [0.5, 0.6) is 0 Å². The fraction of sp³-hybridized carbons (Fsp3) is 0.950. The Kier molecular flexibility index (Phi) is 40.4. The minimum absolute atomic E-state index is 0.144. The molecule has 4 atom stereocenters. The van der Waals surface area contributed by atoms with Gasteiger partial charge in [-0.05, 0) is 27.7 Å². The molecule has 0 spiro atoms. The molecule has 0 amide bonds. The van der Waals surface area contributed by atoms with E-state index >= 15 is 0 Å². The van der Waals surface area contributed by atoms with E-state index in [1.807, 2.05) is 18.7 Å². The Hall–Kier alpha value is -2.55. The van der Waals surface area contributed by atoms with Crippen LogP contribution in [0, 0.1) is 0 Å². The van der Waals surface area contributed by atoms with E-state index in [1.165, 1.54) is 65.4 Å². The van der Waals surface area contributed by atoms with Gasteiger partial charge in [-0.25, -0.2) is 0 Å². The molecule has 90 heavy (non-hydrogen) atoms. The Balaban J connectivity index is 0.000000207. The molecule has 30 heteroatoms. The van der Waals surface area contributed by atoms with Gasteiger partial charge in [0, 0.05) is 281 Å². The molecule has 10 heterocycles. The average Bonchev–Trinajstić information content (AvgIpc) is 2.28. The van der Waals surface area contributed by atoms with E-state index in [-0.39, 0.29) is 31.8 Å². The summed E-state index contributed by atoms with van der Waals surface area (Å²) in [5.74, 6) is -2.89. The number of β-amino-alcohol motifs (C(OH)–C–C–N with tert-alkyl or cyclic N) is 3. The van der Waals surface area contributed by atoms with Gasteiger partial charge in [-0.15, -0.1) is 0 Å². The lowest BCUT2D eigenvalue weighted by Gasteiger charge is -2.38. The van der Waals surface area contributed by atoms with Crippen LogP contribution < -0.4 is 42.5 Å². The van der Waals surface area contributed by atoms with Gasteiger partial charge in [0.1, 0.15) is 12.6 Å². The first-order valence-electron chi connectivity index (χ1n) is 34.3. The number of nitrogens with zero attached hydrogens (tertiary/aromatic N) is 12. The van der Waals surface area contributed by atoms with Crippen molar-refractivity contribution in [3.05, 3.63) is 0 Å². The summed E-state index contributed by atoms with van der Waals surface area (Å²) in [5.41, 5.74) is 0. The molecule has 0 saturated carbocycles. The molecule has 30 nitrogen and oxygen atoms in total. The zero-order chi connectivity index (χ0) is 64.7. The molecule has 0 aromatic rings. The monoisotopic (exact) mass is 1290 g/mol. The fourth-order valence-corrected chi connectivity index (χ4v) is 12.6. The van der Waals surface area contributed by atoms with Crippen LogP contribution in [-0.4, -0.2) is 452 Å². The van der Waals surface area contributed by atoms with Crippen molar-refractivity contribution >= 4 is 17.9 Å². The molecule has 10 aliphatic rings. The molecule has 10 fully saturated rings. The van der Waals surface area contributed by atoms with E-state index in [1.54, 1.807) is 21.6 Å². The number of ether oxygens (including phenoxy) is 1. The van der Waals surface area contributed by atoms with Crippen molar-refractivity contribution in [2.45, 2.75) is 64.7 Å². The van der Waals surface area contributed by atoms with Crippen molar-refractivity contribution in [1.82, 2.24) is 101 Å². The third kappa shape index (κ3) is 34.7. The lowest BCUT2D eigenvalue weighted by atomic mass is 10.3. The maximum absolute atomic E-state index is 11.1. The van der Waals surface area contributed by atoms with Crippen molar-refractivity contribution in [3.8, 4) is 0 Å². The zero-order valence-corrected chi connectivity index (χ0v) is 55.9. The second-order valence-corrected chi connectivity index (χ2v) is 25.5. The third-order valence-electron chi connectivity index (χ3n) is 17.4. The Labute approximate surface area is 539 Å². The zero-order valence-electron chi connectivity index (χ0n) is 55.9. The number of aliphatic carboxylic acids is 3. The molecular weight excluding hydrogens is 1160 g/mol. The fourth-order valence-electron chi connectivity index (χ4n) is 12.6. The Bertz CT molecular complexity index is 1760. The van der Waals surface area contributed by atoms with Crippen molar-refractivity contribution < 1.29 is 49.8 Å². The second kappa shape index (κ2) is 46.5. The van der Waals surface area contributed by atoms with Gasteiger partial charge in [0.05, 0.1) is 50.7 Å². The highest BCUT2D eigenvalue weighted by molar-refractivity contribution is 5.70. The van der Waals surface area contributed by atoms with E-state index < -0.39 is 24.0 Å². The highest BCUT2D eigenvalue weighted by Crippen LogP contribution is 2.25. The van der Waals surface area contributed by atoms with Crippen LogP contribution in [0.2, 0.25) is 0 Å². The first kappa shape index (κ1) is 78.1. The standard InChI is InChI=1S/C17H32N4O7.C12H24N4O.C11H26N4O.C9H18N4.C8H20N4.C3H6O/c1-14(22)10-18-2-4-19(11-15(23)24)6-8-21(13-17(27)28)9-7-20(5-3-18)12-16(25)26;1-11(17)10-13-2-4-14-6-8-16-9-7-15(5-3-13)12(14)16;1-11(16)10-15-8-6-13-4-2-12-3-5-14-7-9-15;1-3-11-5-7-13-8-6-12(9(11)13)4-2-10-1;1-2-10-5-6-12-8-7-11-4-3-9-1;1-3-2-4-3/h14,22H,2-13H2,1H3,(H,23,24)(H,25,26)(H,27,28);11-12,17H,2-10H2,1H3;11-14,16H,2-10H2,1H3;9-10H,1-8H2;9-12H,1-8H2;3H,2H2,1H3. The van der Waals surface area contributed by atoms with E-state index in [9.17, 15) is 29.7 Å². The van der Waals surface area contributed by atoms with Crippen molar-refractivity contribution in [2.24, 2.45) is 0 Å². The minimum Gasteiger partial charge on any atom is -0.480 e. The van der Waals surface area contributed by atoms with E-state index in [0.717, 1.165) is 164 Å². The molecule has 0 aromatic heterocycles. The normalized spacial score (nSPS) is 26.5. The van der Waals surface area contributed by atoms with Gasteiger partial charge in [-0.2, -0.15) is 0 Å². The van der Waals surface area contributed by atoms with Crippen LogP contribution >= 0.6 is 0 Å². The maximum Gasteiger partial charge on any atom is 0.317 e. The van der Waals surface area contributed by atoms with Gasteiger partial charge in [-0.3, -0.25) is 73.2 Å². The Morgan fingerprint density at radius 3 is 0.733 bits per heavy atom. The molecule has 4 unspecified atom stereocenters. The van der Waals surface area contributed by atoms with Gasteiger partial charge >= 0.3 is 17.9 Å². The van der Waals surface area contributed by atoms with Gasteiger partial charge < -0.3 is 77.9 Å². The van der Waals surface area contributed by atoms with Crippen LogP contribution in [0.15, 0.2) is 0 Å². The first-order valence-corrected chi connectivity index (χ1v) is 34.3. The van der Waals surface area contributed by atoms with E-state index in [0.29, 0.717) is 77.6 Å². The van der Waals surface area contributed by atoms with Gasteiger partial charge in [0.15, 0.2) is 0 Å². The third-order valence-corrected chi connectivity index (χ3v) is 17.4. The highest BCUT2D eigenvalue weighted by atomic mass is 16.6. The number of nitrogens with one attached hydrogen (secondary N) is 8. The summed E-state index contributed by atoms with van der Waals surface area (Å²) in [6.07, 6.45) is 0.819.